The monoisotopic (exact) mass is 379 g/mol. The largest absolute Gasteiger partial charge is 0.458 e. The van der Waals surface area contributed by atoms with Crippen molar-refractivity contribution in [2.24, 2.45) is 5.41 Å². The lowest BCUT2D eigenvalue weighted by atomic mass is 9.87. The average molecular weight is 379 g/mol. The Bertz CT molecular complexity index is 945. The first kappa shape index (κ1) is 16.9. The summed E-state index contributed by atoms with van der Waals surface area (Å²) in [7, 11) is 0. The molecular weight excluding hydrogens is 358 g/mol. The molecule has 3 heterocycles. The predicted molar refractivity (Wildman–Crippen MR) is 101 cm³/mol. The van der Waals surface area contributed by atoms with Crippen LogP contribution in [-0.4, -0.2) is 25.2 Å². The number of nitrogens with one attached hydrogen (secondary N) is 3. The zero-order valence-corrected chi connectivity index (χ0v) is 15.3. The Morgan fingerprint density at radius 2 is 2.07 bits per heavy atom. The second-order valence-corrected chi connectivity index (χ2v) is 7.40. The van der Waals surface area contributed by atoms with E-state index in [1.807, 2.05) is 24.3 Å². The van der Waals surface area contributed by atoms with Gasteiger partial charge in [0.25, 0.3) is 5.91 Å². The average Bonchev–Trinajstić information content (AvgIpc) is 3.40. The van der Waals surface area contributed by atoms with E-state index in [0.29, 0.717) is 23.6 Å². The minimum atomic E-state index is -0.469. The summed E-state index contributed by atoms with van der Waals surface area (Å²) >= 11 is 0. The Labute approximate surface area is 162 Å². The van der Waals surface area contributed by atoms with E-state index >= 15 is 0 Å². The minimum absolute atomic E-state index is 0.0243. The van der Waals surface area contributed by atoms with Gasteiger partial charge in [0, 0.05) is 13.0 Å². The summed E-state index contributed by atoms with van der Waals surface area (Å²) in [6.45, 7) is 0.791. The van der Waals surface area contributed by atoms with Crippen LogP contribution in [0.25, 0.3) is 0 Å². The predicted octanol–water partition coefficient (Wildman–Crippen LogP) is 1.76. The van der Waals surface area contributed by atoms with Gasteiger partial charge in [0.2, 0.25) is 12.7 Å². The van der Waals surface area contributed by atoms with Crippen LogP contribution in [0.3, 0.4) is 0 Å². The van der Waals surface area contributed by atoms with Gasteiger partial charge in [-0.1, -0.05) is 17.7 Å². The highest BCUT2D eigenvalue weighted by atomic mass is 16.7. The third-order valence-corrected chi connectivity index (χ3v) is 5.69. The molecule has 0 atom stereocenters. The smallest absolute Gasteiger partial charge is 0.253 e. The second kappa shape index (κ2) is 6.44. The van der Waals surface area contributed by atoms with Crippen LogP contribution >= 0.6 is 0 Å². The van der Waals surface area contributed by atoms with Crippen LogP contribution in [0.4, 0.5) is 0 Å². The van der Waals surface area contributed by atoms with Crippen molar-refractivity contribution in [2.45, 2.75) is 25.7 Å². The molecule has 0 saturated heterocycles. The van der Waals surface area contributed by atoms with Crippen LogP contribution in [0.2, 0.25) is 0 Å². The Balaban J connectivity index is 1.32. The number of carbonyl (C=O) groups is 2. The van der Waals surface area contributed by atoms with Crippen LogP contribution in [-0.2, 0) is 19.1 Å². The fourth-order valence-electron chi connectivity index (χ4n) is 3.96. The number of amides is 2. The zero-order valence-electron chi connectivity index (χ0n) is 15.3. The number of allylic oxidation sites excluding steroid dienone is 5. The third-order valence-electron chi connectivity index (χ3n) is 5.69. The molecule has 0 unspecified atom stereocenters. The highest BCUT2D eigenvalue weighted by Crippen LogP contribution is 2.55. The minimum Gasteiger partial charge on any atom is -0.458 e. The Hall–Kier alpha value is -3.22. The van der Waals surface area contributed by atoms with Gasteiger partial charge in [0.15, 0.2) is 5.76 Å². The standard InChI is InChI=1S/C21H21N3O4/c25-19-14(3-2-10-22-19)15-4-1-5-18(23-15)24-20(26)21(8-9-21)13-6-7-16-17(11-13)28-12-27-16/h1-5,11,23H,6-10,12H2,(H,22,25)(H,24,26). The summed E-state index contributed by atoms with van der Waals surface area (Å²) in [5.74, 6) is 2.07. The summed E-state index contributed by atoms with van der Waals surface area (Å²) < 4.78 is 10.9. The molecule has 1 saturated carbocycles. The highest BCUT2D eigenvalue weighted by Gasteiger charge is 2.53. The first-order valence-corrected chi connectivity index (χ1v) is 9.51. The molecule has 5 aliphatic rings. The molecule has 7 nitrogen and oxygen atoms in total. The molecule has 3 N–H and O–H groups in total. The number of carbonyl (C=O) groups excluding carboxylic acids is 2. The molecule has 3 aliphatic heterocycles. The van der Waals surface area contributed by atoms with E-state index in [1.54, 1.807) is 12.2 Å². The number of dihydropyridines is 1. The molecule has 2 amide bonds. The van der Waals surface area contributed by atoms with Crippen molar-refractivity contribution < 1.29 is 19.1 Å². The van der Waals surface area contributed by atoms with E-state index in [9.17, 15) is 9.59 Å². The number of rotatable bonds is 3. The van der Waals surface area contributed by atoms with Gasteiger partial charge in [-0.2, -0.15) is 0 Å². The molecule has 0 aromatic heterocycles. The van der Waals surface area contributed by atoms with Crippen LogP contribution in [0.15, 0.2) is 70.6 Å². The molecular formula is C21H21N3O4. The van der Waals surface area contributed by atoms with Gasteiger partial charge in [-0.3, -0.25) is 9.59 Å². The lowest BCUT2D eigenvalue weighted by Gasteiger charge is -2.24. The van der Waals surface area contributed by atoms with Crippen LogP contribution in [0.5, 0.6) is 0 Å². The summed E-state index contributed by atoms with van der Waals surface area (Å²) in [6, 6.07) is 0. The third kappa shape index (κ3) is 2.83. The lowest BCUT2D eigenvalue weighted by molar-refractivity contribution is -0.124. The molecule has 0 radical (unpaired) electrons. The maximum absolute atomic E-state index is 13.1. The normalized spacial score (nSPS) is 26.9. The van der Waals surface area contributed by atoms with Crippen molar-refractivity contribution in [3.63, 3.8) is 0 Å². The van der Waals surface area contributed by atoms with Gasteiger partial charge < -0.3 is 25.4 Å². The van der Waals surface area contributed by atoms with Gasteiger partial charge in [0.1, 0.15) is 11.6 Å². The van der Waals surface area contributed by atoms with Crippen LogP contribution < -0.4 is 16.0 Å². The summed E-state index contributed by atoms with van der Waals surface area (Å²) in [6.07, 6.45) is 14.3. The first-order valence-electron chi connectivity index (χ1n) is 9.51. The van der Waals surface area contributed by atoms with Crippen molar-refractivity contribution in [2.75, 3.05) is 13.3 Å². The zero-order chi connectivity index (χ0) is 19.1. The molecule has 0 aromatic rings. The van der Waals surface area contributed by atoms with Gasteiger partial charge in [0.05, 0.1) is 16.7 Å². The molecule has 5 rings (SSSR count). The topological polar surface area (TPSA) is 88.7 Å². The fourth-order valence-corrected chi connectivity index (χ4v) is 3.96. The summed E-state index contributed by atoms with van der Waals surface area (Å²) in [4.78, 5) is 25.1. The molecule has 0 bridgehead atoms. The lowest BCUT2D eigenvalue weighted by Crippen LogP contribution is -2.39. The van der Waals surface area contributed by atoms with Gasteiger partial charge in [-0.05, 0) is 43.6 Å². The maximum atomic E-state index is 13.1. The van der Waals surface area contributed by atoms with E-state index < -0.39 is 5.41 Å². The summed E-state index contributed by atoms with van der Waals surface area (Å²) in [5, 5.41) is 8.95. The Morgan fingerprint density at radius 1 is 1.18 bits per heavy atom. The molecule has 0 aromatic carbocycles. The van der Waals surface area contributed by atoms with Crippen molar-refractivity contribution in [1.82, 2.24) is 16.0 Å². The van der Waals surface area contributed by atoms with Gasteiger partial charge in [-0.15, -0.1) is 0 Å². The molecule has 0 spiro atoms. The first-order chi connectivity index (χ1) is 13.7. The molecule has 2 aliphatic carbocycles. The fraction of sp³-hybridized carbons (Fsp3) is 0.333. The van der Waals surface area contributed by atoms with Gasteiger partial charge in [-0.25, -0.2) is 0 Å². The number of hydrogen-bond donors (Lipinski definition) is 3. The van der Waals surface area contributed by atoms with Gasteiger partial charge >= 0.3 is 0 Å². The molecule has 7 heteroatoms. The molecule has 144 valence electrons. The summed E-state index contributed by atoms with van der Waals surface area (Å²) in [5.41, 5.74) is 1.86. The van der Waals surface area contributed by atoms with E-state index in [4.69, 9.17) is 9.47 Å². The second-order valence-electron chi connectivity index (χ2n) is 7.40. The SMILES string of the molecule is O=C1NCC=CC1=C1C=CC=C(NC(=O)C2(C3=CC4=C(CC3)OCO4)CC2)N1. The van der Waals surface area contributed by atoms with Crippen LogP contribution in [0.1, 0.15) is 25.7 Å². The quantitative estimate of drug-likeness (QED) is 0.651. The maximum Gasteiger partial charge on any atom is 0.253 e. The van der Waals surface area contributed by atoms with Crippen molar-refractivity contribution in [1.29, 1.82) is 0 Å². The van der Waals surface area contributed by atoms with Crippen molar-refractivity contribution in [3.8, 4) is 0 Å². The van der Waals surface area contributed by atoms with E-state index in [-0.39, 0.29) is 18.6 Å². The Morgan fingerprint density at radius 3 is 2.89 bits per heavy atom. The van der Waals surface area contributed by atoms with E-state index in [1.165, 1.54) is 0 Å². The molecule has 1 fully saturated rings. The number of hydrogen-bond acceptors (Lipinski definition) is 5. The highest BCUT2D eigenvalue weighted by molar-refractivity contribution is 5.98. The van der Waals surface area contributed by atoms with E-state index in [0.717, 1.165) is 42.8 Å². The Kier molecular flexibility index (Phi) is 3.89. The van der Waals surface area contributed by atoms with Crippen molar-refractivity contribution in [3.05, 3.63) is 70.6 Å². The molecule has 28 heavy (non-hydrogen) atoms. The van der Waals surface area contributed by atoms with Crippen LogP contribution in [0, 0.1) is 5.41 Å². The number of ether oxygens (including phenoxy) is 2. The van der Waals surface area contributed by atoms with Crippen molar-refractivity contribution >= 4 is 11.8 Å². The van der Waals surface area contributed by atoms with E-state index in [2.05, 4.69) is 16.0 Å².